The van der Waals surface area contributed by atoms with Gasteiger partial charge in [-0.2, -0.15) is 0 Å². The summed E-state index contributed by atoms with van der Waals surface area (Å²) in [6.07, 6.45) is 3.69. The SMILES string of the molecule is CC(C)Oc1cncc(-c2ccc(N)cc2)c1. The molecule has 0 saturated heterocycles. The number of pyridine rings is 1. The van der Waals surface area contributed by atoms with Crippen LogP contribution in [0.3, 0.4) is 0 Å². The van der Waals surface area contributed by atoms with Crippen LogP contribution in [0.1, 0.15) is 13.8 Å². The molecule has 0 saturated carbocycles. The Hall–Kier alpha value is -2.03. The number of nitrogens with zero attached hydrogens (tertiary/aromatic N) is 1. The van der Waals surface area contributed by atoms with E-state index >= 15 is 0 Å². The lowest BCUT2D eigenvalue weighted by Crippen LogP contribution is -2.05. The third-order valence-electron chi connectivity index (χ3n) is 2.33. The molecule has 0 unspecified atom stereocenters. The van der Waals surface area contributed by atoms with Crippen molar-refractivity contribution in [1.82, 2.24) is 4.98 Å². The molecule has 0 aliphatic carbocycles. The second kappa shape index (κ2) is 4.87. The second-order valence-corrected chi connectivity index (χ2v) is 4.20. The zero-order chi connectivity index (χ0) is 12.3. The molecule has 0 spiro atoms. The maximum atomic E-state index is 5.66. The molecular weight excluding hydrogens is 212 g/mol. The van der Waals surface area contributed by atoms with Crippen molar-refractivity contribution in [3.8, 4) is 16.9 Å². The smallest absolute Gasteiger partial charge is 0.138 e. The van der Waals surface area contributed by atoms with E-state index in [1.54, 1.807) is 6.20 Å². The Labute approximate surface area is 101 Å². The van der Waals surface area contributed by atoms with Crippen LogP contribution >= 0.6 is 0 Å². The highest BCUT2D eigenvalue weighted by Crippen LogP contribution is 2.23. The Morgan fingerprint density at radius 3 is 2.41 bits per heavy atom. The first-order valence-electron chi connectivity index (χ1n) is 5.63. The first-order valence-corrected chi connectivity index (χ1v) is 5.63. The van der Waals surface area contributed by atoms with E-state index in [2.05, 4.69) is 4.98 Å². The largest absolute Gasteiger partial charge is 0.489 e. The van der Waals surface area contributed by atoms with Crippen molar-refractivity contribution < 1.29 is 4.74 Å². The number of ether oxygens (including phenoxy) is 1. The lowest BCUT2D eigenvalue weighted by molar-refractivity contribution is 0.241. The molecule has 3 nitrogen and oxygen atoms in total. The molecule has 1 heterocycles. The van der Waals surface area contributed by atoms with Gasteiger partial charge in [-0.25, -0.2) is 0 Å². The quantitative estimate of drug-likeness (QED) is 0.821. The summed E-state index contributed by atoms with van der Waals surface area (Å²) < 4.78 is 5.61. The van der Waals surface area contributed by atoms with Gasteiger partial charge < -0.3 is 10.5 Å². The summed E-state index contributed by atoms with van der Waals surface area (Å²) in [5, 5.41) is 0. The van der Waals surface area contributed by atoms with Gasteiger partial charge in [0.15, 0.2) is 0 Å². The van der Waals surface area contributed by atoms with Crippen LogP contribution in [-0.2, 0) is 0 Å². The highest BCUT2D eigenvalue weighted by atomic mass is 16.5. The van der Waals surface area contributed by atoms with Crippen LogP contribution in [0.25, 0.3) is 11.1 Å². The molecule has 3 heteroatoms. The summed E-state index contributed by atoms with van der Waals surface area (Å²) in [5.41, 5.74) is 8.54. The number of hydrogen-bond donors (Lipinski definition) is 1. The van der Waals surface area contributed by atoms with Crippen LogP contribution in [-0.4, -0.2) is 11.1 Å². The standard InChI is InChI=1S/C14H16N2O/c1-10(2)17-14-7-12(8-16-9-14)11-3-5-13(15)6-4-11/h3-10H,15H2,1-2H3. The van der Waals surface area contributed by atoms with Gasteiger partial charge in [0.25, 0.3) is 0 Å². The van der Waals surface area contributed by atoms with Crippen molar-refractivity contribution in [3.05, 3.63) is 42.7 Å². The third-order valence-corrected chi connectivity index (χ3v) is 2.33. The van der Waals surface area contributed by atoms with Gasteiger partial charge in [-0.1, -0.05) is 12.1 Å². The Balaban J connectivity index is 2.29. The van der Waals surface area contributed by atoms with E-state index in [1.165, 1.54) is 0 Å². The van der Waals surface area contributed by atoms with Crippen LogP contribution < -0.4 is 10.5 Å². The summed E-state index contributed by atoms with van der Waals surface area (Å²) in [4.78, 5) is 4.18. The average molecular weight is 228 g/mol. The lowest BCUT2D eigenvalue weighted by atomic mass is 10.1. The molecule has 2 aromatic rings. The molecule has 17 heavy (non-hydrogen) atoms. The van der Waals surface area contributed by atoms with Crippen LogP contribution in [0.5, 0.6) is 5.75 Å². The molecule has 2 N–H and O–H groups in total. The van der Waals surface area contributed by atoms with Gasteiger partial charge >= 0.3 is 0 Å². The molecule has 2 rings (SSSR count). The Morgan fingerprint density at radius 1 is 1.06 bits per heavy atom. The fourth-order valence-corrected chi connectivity index (χ4v) is 1.59. The summed E-state index contributed by atoms with van der Waals surface area (Å²) >= 11 is 0. The maximum Gasteiger partial charge on any atom is 0.138 e. The Kier molecular flexibility index (Phi) is 3.28. The highest BCUT2D eigenvalue weighted by molar-refractivity contribution is 5.65. The van der Waals surface area contributed by atoms with Gasteiger partial charge in [-0.05, 0) is 37.6 Å². The minimum atomic E-state index is 0.151. The number of anilines is 1. The van der Waals surface area contributed by atoms with E-state index in [9.17, 15) is 0 Å². The normalized spacial score (nSPS) is 10.5. The summed E-state index contributed by atoms with van der Waals surface area (Å²) in [5.74, 6) is 0.786. The maximum absolute atomic E-state index is 5.66. The van der Waals surface area contributed by atoms with E-state index in [4.69, 9.17) is 10.5 Å². The molecular formula is C14H16N2O. The van der Waals surface area contributed by atoms with Crippen molar-refractivity contribution in [3.63, 3.8) is 0 Å². The van der Waals surface area contributed by atoms with Crippen LogP contribution in [0.15, 0.2) is 42.7 Å². The monoisotopic (exact) mass is 228 g/mol. The number of nitrogens with two attached hydrogens (primary N) is 1. The van der Waals surface area contributed by atoms with Gasteiger partial charge in [0.1, 0.15) is 5.75 Å². The van der Waals surface area contributed by atoms with Gasteiger partial charge in [-0.15, -0.1) is 0 Å². The number of hydrogen-bond acceptors (Lipinski definition) is 3. The van der Waals surface area contributed by atoms with Crippen molar-refractivity contribution in [2.75, 3.05) is 5.73 Å². The van der Waals surface area contributed by atoms with Gasteiger partial charge in [-0.3, -0.25) is 4.98 Å². The van der Waals surface area contributed by atoms with Crippen LogP contribution in [0, 0.1) is 0 Å². The Bertz CT molecular complexity index is 492. The van der Waals surface area contributed by atoms with Gasteiger partial charge in [0.05, 0.1) is 12.3 Å². The summed E-state index contributed by atoms with van der Waals surface area (Å²) in [6, 6.07) is 9.70. The number of nitrogen functional groups attached to an aromatic ring is 1. The zero-order valence-electron chi connectivity index (χ0n) is 10.1. The molecule has 88 valence electrons. The van der Waals surface area contributed by atoms with Crippen molar-refractivity contribution in [2.24, 2.45) is 0 Å². The van der Waals surface area contributed by atoms with E-state index < -0.39 is 0 Å². The highest BCUT2D eigenvalue weighted by Gasteiger charge is 2.02. The van der Waals surface area contributed by atoms with Gasteiger partial charge in [0, 0.05) is 17.4 Å². The molecule has 1 aromatic heterocycles. The molecule has 0 radical (unpaired) electrons. The van der Waals surface area contributed by atoms with Crippen LogP contribution in [0.2, 0.25) is 0 Å². The molecule has 1 aromatic carbocycles. The van der Waals surface area contributed by atoms with Crippen molar-refractivity contribution in [1.29, 1.82) is 0 Å². The van der Waals surface area contributed by atoms with E-state index in [-0.39, 0.29) is 6.10 Å². The molecule has 0 aliphatic heterocycles. The summed E-state index contributed by atoms with van der Waals surface area (Å²) in [6.45, 7) is 3.99. The molecule has 0 fully saturated rings. The molecule has 0 bridgehead atoms. The van der Waals surface area contributed by atoms with E-state index in [0.717, 1.165) is 22.6 Å². The lowest BCUT2D eigenvalue weighted by Gasteiger charge is -2.10. The van der Waals surface area contributed by atoms with E-state index in [1.807, 2.05) is 50.4 Å². The fourth-order valence-electron chi connectivity index (χ4n) is 1.59. The van der Waals surface area contributed by atoms with Crippen molar-refractivity contribution >= 4 is 5.69 Å². The topological polar surface area (TPSA) is 48.1 Å². The average Bonchev–Trinajstić information content (AvgIpc) is 2.29. The predicted octanol–water partition coefficient (Wildman–Crippen LogP) is 3.12. The van der Waals surface area contributed by atoms with Crippen LogP contribution in [0.4, 0.5) is 5.69 Å². The molecule has 0 atom stereocenters. The second-order valence-electron chi connectivity index (χ2n) is 4.20. The summed E-state index contributed by atoms with van der Waals surface area (Å²) in [7, 11) is 0. The third kappa shape index (κ3) is 2.97. The number of aromatic nitrogens is 1. The minimum absolute atomic E-state index is 0.151. The molecule has 0 amide bonds. The predicted molar refractivity (Wildman–Crippen MR) is 69.8 cm³/mol. The first-order chi connectivity index (χ1) is 8.15. The first kappa shape index (κ1) is 11.5. The molecule has 0 aliphatic rings. The Morgan fingerprint density at radius 2 is 1.76 bits per heavy atom. The number of rotatable bonds is 3. The van der Waals surface area contributed by atoms with Gasteiger partial charge in [0.2, 0.25) is 0 Å². The van der Waals surface area contributed by atoms with E-state index in [0.29, 0.717) is 0 Å². The number of benzene rings is 1. The zero-order valence-corrected chi connectivity index (χ0v) is 10.1. The fraction of sp³-hybridized carbons (Fsp3) is 0.214. The minimum Gasteiger partial charge on any atom is -0.489 e. The van der Waals surface area contributed by atoms with Crippen molar-refractivity contribution in [2.45, 2.75) is 20.0 Å².